The fourth-order valence-electron chi connectivity index (χ4n) is 2.90. The summed E-state index contributed by atoms with van der Waals surface area (Å²) < 4.78 is 5.38. The van der Waals surface area contributed by atoms with Crippen molar-refractivity contribution < 1.29 is 14.6 Å². The Morgan fingerprint density at radius 1 is 1.44 bits per heavy atom. The molecule has 0 aromatic heterocycles. The number of aliphatic carboxylic acids is 1. The number of hydrogen-bond donors (Lipinski definition) is 1. The van der Waals surface area contributed by atoms with Crippen molar-refractivity contribution in [3.8, 4) is 0 Å². The first kappa shape index (κ1) is 11.5. The molecule has 0 saturated carbocycles. The maximum atomic E-state index is 11.4. The highest BCUT2D eigenvalue weighted by molar-refractivity contribution is 5.82. The van der Waals surface area contributed by atoms with E-state index in [1.165, 1.54) is 0 Å². The van der Waals surface area contributed by atoms with Crippen molar-refractivity contribution in [1.82, 2.24) is 0 Å². The molecular weight excluding hydrogens is 230 g/mol. The van der Waals surface area contributed by atoms with Crippen molar-refractivity contribution >= 4 is 11.7 Å². The Bertz CT molecular complexity index is 454. The number of carbonyl (C=O) groups is 1. The Morgan fingerprint density at radius 2 is 2.28 bits per heavy atom. The summed E-state index contributed by atoms with van der Waals surface area (Å²) in [6.07, 6.45) is 1.64. The van der Waals surface area contributed by atoms with Crippen LogP contribution in [0.4, 0.5) is 5.69 Å². The monoisotopic (exact) mass is 247 g/mol. The van der Waals surface area contributed by atoms with Gasteiger partial charge in [-0.3, -0.25) is 0 Å². The van der Waals surface area contributed by atoms with Gasteiger partial charge in [0, 0.05) is 31.2 Å². The molecule has 18 heavy (non-hydrogen) atoms. The van der Waals surface area contributed by atoms with Crippen LogP contribution < -0.4 is 4.90 Å². The molecule has 96 valence electrons. The number of benzene rings is 1. The summed E-state index contributed by atoms with van der Waals surface area (Å²) in [6.45, 7) is 2.34. The molecule has 0 bridgehead atoms. The summed E-state index contributed by atoms with van der Waals surface area (Å²) in [5, 5.41) is 9.36. The molecule has 0 amide bonds. The standard InChI is InChI=1S/C14H17NO3/c16-14(17)13-7-11-3-1-2-4-12(11)15(13)8-10-5-6-18-9-10/h1-4,10,13H,5-9H2,(H,16,17). The molecule has 4 heteroatoms. The first-order chi connectivity index (χ1) is 8.75. The molecule has 1 aromatic rings. The zero-order valence-electron chi connectivity index (χ0n) is 10.2. The minimum atomic E-state index is -0.731. The molecule has 1 saturated heterocycles. The highest BCUT2D eigenvalue weighted by atomic mass is 16.5. The van der Waals surface area contributed by atoms with Gasteiger partial charge >= 0.3 is 5.97 Å². The SMILES string of the molecule is O=C(O)C1Cc2ccccc2N1CC1CCOC1. The van der Waals surface area contributed by atoms with Crippen LogP contribution in [0.2, 0.25) is 0 Å². The minimum Gasteiger partial charge on any atom is -0.480 e. The normalized spacial score (nSPS) is 26.3. The van der Waals surface area contributed by atoms with Gasteiger partial charge in [0.1, 0.15) is 6.04 Å². The Balaban J connectivity index is 1.85. The molecule has 1 aromatic carbocycles. The number of hydrogen-bond acceptors (Lipinski definition) is 3. The van der Waals surface area contributed by atoms with E-state index in [-0.39, 0.29) is 0 Å². The predicted octanol–water partition coefficient (Wildman–Crippen LogP) is 1.54. The molecule has 2 atom stereocenters. The largest absolute Gasteiger partial charge is 0.480 e. The molecule has 2 heterocycles. The number of nitrogens with zero attached hydrogens (tertiary/aromatic N) is 1. The number of rotatable bonds is 3. The quantitative estimate of drug-likeness (QED) is 0.880. The van der Waals surface area contributed by atoms with Gasteiger partial charge in [-0.1, -0.05) is 18.2 Å². The molecule has 4 nitrogen and oxygen atoms in total. The van der Waals surface area contributed by atoms with Crippen LogP contribution in [0.5, 0.6) is 0 Å². The summed E-state index contributed by atoms with van der Waals surface area (Å²) in [7, 11) is 0. The lowest BCUT2D eigenvalue weighted by Gasteiger charge is -2.27. The van der Waals surface area contributed by atoms with E-state index >= 15 is 0 Å². The van der Waals surface area contributed by atoms with E-state index in [1.54, 1.807) is 0 Å². The first-order valence-electron chi connectivity index (χ1n) is 6.41. The molecule has 0 aliphatic carbocycles. The molecule has 0 radical (unpaired) electrons. The number of ether oxygens (including phenoxy) is 1. The van der Waals surface area contributed by atoms with Gasteiger partial charge in [-0.2, -0.15) is 0 Å². The molecule has 1 N–H and O–H groups in total. The fourth-order valence-corrected chi connectivity index (χ4v) is 2.90. The third kappa shape index (κ3) is 1.97. The van der Waals surface area contributed by atoms with Crippen LogP contribution in [0.3, 0.4) is 0 Å². The maximum Gasteiger partial charge on any atom is 0.326 e. The smallest absolute Gasteiger partial charge is 0.326 e. The summed E-state index contributed by atoms with van der Waals surface area (Å²) in [5.74, 6) is -0.275. The highest BCUT2D eigenvalue weighted by Gasteiger charge is 2.35. The minimum absolute atomic E-state index is 0.414. The lowest BCUT2D eigenvalue weighted by molar-refractivity contribution is -0.138. The summed E-state index contributed by atoms with van der Waals surface area (Å²) in [5.41, 5.74) is 2.22. The molecule has 3 rings (SSSR count). The van der Waals surface area contributed by atoms with Crippen molar-refractivity contribution in [3.63, 3.8) is 0 Å². The third-order valence-electron chi connectivity index (χ3n) is 3.85. The van der Waals surface area contributed by atoms with Gasteiger partial charge in [0.05, 0.1) is 6.61 Å². The number of carboxylic acids is 1. The van der Waals surface area contributed by atoms with E-state index in [2.05, 4.69) is 0 Å². The number of carboxylic acid groups (broad SMARTS) is 1. The number of anilines is 1. The fraction of sp³-hybridized carbons (Fsp3) is 0.500. The predicted molar refractivity (Wildman–Crippen MR) is 67.8 cm³/mol. The maximum absolute atomic E-state index is 11.4. The van der Waals surface area contributed by atoms with Crippen molar-refractivity contribution in [2.75, 3.05) is 24.7 Å². The summed E-state index contributed by atoms with van der Waals surface area (Å²) in [4.78, 5) is 13.4. The third-order valence-corrected chi connectivity index (χ3v) is 3.85. The second kappa shape index (κ2) is 4.61. The van der Waals surface area contributed by atoms with E-state index in [9.17, 15) is 9.90 Å². The molecule has 2 aliphatic heterocycles. The zero-order chi connectivity index (χ0) is 12.5. The summed E-state index contributed by atoms with van der Waals surface area (Å²) >= 11 is 0. The van der Waals surface area contributed by atoms with Gasteiger partial charge in [0.2, 0.25) is 0 Å². The Labute approximate surface area is 106 Å². The molecular formula is C14H17NO3. The van der Waals surface area contributed by atoms with Gasteiger partial charge in [0.15, 0.2) is 0 Å². The van der Waals surface area contributed by atoms with Gasteiger partial charge in [-0.25, -0.2) is 4.79 Å². The molecule has 2 unspecified atom stereocenters. The van der Waals surface area contributed by atoms with E-state index < -0.39 is 12.0 Å². The van der Waals surface area contributed by atoms with Crippen molar-refractivity contribution in [1.29, 1.82) is 0 Å². The van der Waals surface area contributed by atoms with E-state index in [4.69, 9.17) is 4.74 Å². The summed E-state index contributed by atoms with van der Waals surface area (Å²) in [6, 6.07) is 7.58. The molecule has 1 fully saturated rings. The van der Waals surface area contributed by atoms with Crippen LogP contribution in [-0.4, -0.2) is 36.9 Å². The number of fused-ring (bicyclic) bond motifs is 1. The van der Waals surface area contributed by atoms with Crippen LogP contribution in [0.25, 0.3) is 0 Å². The average Bonchev–Trinajstić information content (AvgIpc) is 2.98. The van der Waals surface area contributed by atoms with E-state index in [1.807, 2.05) is 29.2 Å². The Kier molecular flexibility index (Phi) is 2.96. The highest BCUT2D eigenvalue weighted by Crippen LogP contribution is 2.33. The van der Waals surface area contributed by atoms with Crippen molar-refractivity contribution in [3.05, 3.63) is 29.8 Å². The topological polar surface area (TPSA) is 49.8 Å². The number of para-hydroxylation sites is 1. The van der Waals surface area contributed by atoms with Gasteiger partial charge < -0.3 is 14.7 Å². The Morgan fingerprint density at radius 3 is 3.00 bits per heavy atom. The van der Waals surface area contributed by atoms with Crippen LogP contribution in [0, 0.1) is 5.92 Å². The Hall–Kier alpha value is -1.55. The van der Waals surface area contributed by atoms with Crippen LogP contribution in [-0.2, 0) is 16.0 Å². The van der Waals surface area contributed by atoms with E-state index in [0.717, 1.165) is 37.4 Å². The average molecular weight is 247 g/mol. The lowest BCUT2D eigenvalue weighted by Crippen LogP contribution is -2.41. The van der Waals surface area contributed by atoms with Crippen LogP contribution >= 0.6 is 0 Å². The van der Waals surface area contributed by atoms with Crippen LogP contribution in [0.1, 0.15) is 12.0 Å². The van der Waals surface area contributed by atoms with Gasteiger partial charge in [0.25, 0.3) is 0 Å². The first-order valence-corrected chi connectivity index (χ1v) is 6.41. The molecule has 0 spiro atoms. The van der Waals surface area contributed by atoms with Crippen molar-refractivity contribution in [2.45, 2.75) is 18.9 Å². The second-order valence-corrected chi connectivity index (χ2v) is 5.07. The molecule has 2 aliphatic rings. The zero-order valence-corrected chi connectivity index (χ0v) is 10.2. The van der Waals surface area contributed by atoms with Gasteiger partial charge in [-0.15, -0.1) is 0 Å². The van der Waals surface area contributed by atoms with E-state index in [0.29, 0.717) is 12.3 Å². The second-order valence-electron chi connectivity index (χ2n) is 5.07. The lowest BCUT2D eigenvalue weighted by atomic mass is 10.1. The van der Waals surface area contributed by atoms with Crippen molar-refractivity contribution in [2.24, 2.45) is 5.92 Å². The van der Waals surface area contributed by atoms with Crippen LogP contribution in [0.15, 0.2) is 24.3 Å². The van der Waals surface area contributed by atoms with Gasteiger partial charge in [-0.05, 0) is 18.1 Å².